The van der Waals surface area contributed by atoms with Crippen LogP contribution in [0.3, 0.4) is 0 Å². The predicted octanol–water partition coefficient (Wildman–Crippen LogP) is 4.27. The van der Waals surface area contributed by atoms with Gasteiger partial charge in [0.05, 0.1) is 11.8 Å². The van der Waals surface area contributed by atoms with Gasteiger partial charge in [-0.3, -0.25) is 9.69 Å². The molecule has 4 rings (SSSR count). The molecule has 5 nitrogen and oxygen atoms in total. The highest BCUT2D eigenvalue weighted by Gasteiger charge is 2.41. The van der Waals surface area contributed by atoms with Crippen molar-refractivity contribution in [2.45, 2.75) is 32.1 Å². The van der Waals surface area contributed by atoms with Gasteiger partial charge in [-0.1, -0.05) is 12.1 Å². The zero-order valence-corrected chi connectivity index (χ0v) is 17.4. The number of hydrogen-bond acceptors (Lipinski definition) is 4. The number of carbonyl (C=O) groups is 1. The van der Waals surface area contributed by atoms with Gasteiger partial charge < -0.3 is 5.32 Å². The number of para-hydroxylation sites is 1. The predicted molar refractivity (Wildman–Crippen MR) is 109 cm³/mol. The van der Waals surface area contributed by atoms with Crippen molar-refractivity contribution in [2.75, 3.05) is 13.1 Å². The van der Waals surface area contributed by atoms with Gasteiger partial charge in [-0.15, -0.1) is 11.3 Å². The molecule has 1 N–H and O–H groups in total. The zero-order chi connectivity index (χ0) is 22.2. The average Bonchev–Trinajstić information content (AvgIpc) is 3.38. The van der Waals surface area contributed by atoms with Crippen LogP contribution >= 0.6 is 11.3 Å². The van der Waals surface area contributed by atoms with Crippen molar-refractivity contribution in [3.63, 3.8) is 0 Å². The summed E-state index contributed by atoms with van der Waals surface area (Å²) in [5, 5.41) is 8.29. The molecule has 0 saturated carbocycles. The SMILES string of the molecule is CC(CNC(=O)c1cnn(-c2ccccc2F)c1C(F)(F)F)N1CCc2sccc2C1. The third kappa shape index (κ3) is 4.35. The number of hydrogen-bond donors (Lipinski definition) is 1. The molecule has 0 fully saturated rings. The lowest BCUT2D eigenvalue weighted by molar-refractivity contribution is -0.143. The van der Waals surface area contributed by atoms with Crippen molar-refractivity contribution < 1.29 is 22.4 Å². The minimum atomic E-state index is -4.89. The average molecular weight is 452 g/mol. The Bertz CT molecular complexity index is 1090. The first-order chi connectivity index (χ1) is 14.8. The molecule has 0 radical (unpaired) electrons. The summed E-state index contributed by atoms with van der Waals surface area (Å²) in [5.41, 5.74) is -1.06. The van der Waals surface area contributed by atoms with Crippen LogP contribution in [0.25, 0.3) is 5.69 Å². The smallest absolute Gasteiger partial charge is 0.350 e. The highest BCUT2D eigenvalue weighted by Crippen LogP contribution is 2.34. The minimum absolute atomic E-state index is 0.0621. The van der Waals surface area contributed by atoms with Gasteiger partial charge in [0, 0.05) is 30.6 Å². The van der Waals surface area contributed by atoms with Crippen LogP contribution in [0.2, 0.25) is 0 Å². The van der Waals surface area contributed by atoms with Gasteiger partial charge >= 0.3 is 6.18 Å². The monoisotopic (exact) mass is 452 g/mol. The second-order valence-corrected chi connectivity index (χ2v) is 8.42. The summed E-state index contributed by atoms with van der Waals surface area (Å²) >= 11 is 1.72. The van der Waals surface area contributed by atoms with Gasteiger partial charge in [-0.25, -0.2) is 9.07 Å². The Morgan fingerprint density at radius 1 is 1.29 bits per heavy atom. The Kier molecular flexibility index (Phi) is 5.85. The number of carbonyl (C=O) groups excluding carboxylic acids is 1. The van der Waals surface area contributed by atoms with Crippen molar-refractivity contribution in [1.82, 2.24) is 20.0 Å². The maximum absolute atomic E-state index is 14.1. The summed E-state index contributed by atoms with van der Waals surface area (Å²) in [4.78, 5) is 16.1. The summed E-state index contributed by atoms with van der Waals surface area (Å²) < 4.78 is 55.7. The molecule has 10 heteroatoms. The molecular weight excluding hydrogens is 432 g/mol. The Morgan fingerprint density at radius 3 is 2.81 bits per heavy atom. The number of benzene rings is 1. The molecule has 1 unspecified atom stereocenters. The third-order valence-corrected chi connectivity index (χ3v) is 6.40. The largest absolute Gasteiger partial charge is 0.434 e. The van der Waals surface area contributed by atoms with Crippen LogP contribution < -0.4 is 5.32 Å². The van der Waals surface area contributed by atoms with Crippen molar-refractivity contribution in [1.29, 1.82) is 0 Å². The van der Waals surface area contributed by atoms with Gasteiger partial charge in [0.25, 0.3) is 5.91 Å². The van der Waals surface area contributed by atoms with Crippen LogP contribution in [0.1, 0.15) is 33.4 Å². The van der Waals surface area contributed by atoms with Gasteiger partial charge in [0.15, 0.2) is 5.69 Å². The molecule has 0 saturated heterocycles. The van der Waals surface area contributed by atoms with E-state index in [9.17, 15) is 22.4 Å². The topological polar surface area (TPSA) is 50.2 Å². The molecule has 3 heterocycles. The van der Waals surface area contributed by atoms with E-state index in [1.54, 1.807) is 11.3 Å². The van der Waals surface area contributed by atoms with E-state index in [4.69, 9.17) is 0 Å². The van der Waals surface area contributed by atoms with Gasteiger partial charge in [-0.2, -0.15) is 18.3 Å². The third-order valence-electron chi connectivity index (χ3n) is 5.38. The fraction of sp³-hybridized carbons (Fsp3) is 0.333. The Labute approximate surface area is 180 Å². The first-order valence-corrected chi connectivity index (χ1v) is 10.6. The van der Waals surface area contributed by atoms with E-state index in [1.165, 1.54) is 28.6 Å². The van der Waals surface area contributed by atoms with Crippen molar-refractivity contribution in [2.24, 2.45) is 0 Å². The van der Waals surface area contributed by atoms with E-state index in [0.29, 0.717) is 4.68 Å². The summed E-state index contributed by atoms with van der Waals surface area (Å²) in [6.45, 7) is 3.67. The van der Waals surface area contributed by atoms with E-state index in [1.807, 2.05) is 12.3 Å². The van der Waals surface area contributed by atoms with Crippen LogP contribution in [0.5, 0.6) is 0 Å². The minimum Gasteiger partial charge on any atom is -0.350 e. The lowest BCUT2D eigenvalue weighted by Crippen LogP contribution is -2.44. The number of thiophene rings is 1. The van der Waals surface area contributed by atoms with E-state index < -0.39 is 29.2 Å². The number of aromatic nitrogens is 2. The number of nitrogens with zero attached hydrogens (tertiary/aromatic N) is 3. The molecule has 1 atom stereocenters. The molecule has 0 spiro atoms. The molecule has 31 heavy (non-hydrogen) atoms. The lowest BCUT2D eigenvalue weighted by Gasteiger charge is -2.32. The van der Waals surface area contributed by atoms with Crippen LogP contribution in [-0.2, 0) is 19.1 Å². The normalized spacial score (nSPS) is 15.5. The maximum atomic E-state index is 14.1. The van der Waals surface area contributed by atoms with Gasteiger partial charge in [-0.05, 0) is 42.5 Å². The number of fused-ring (bicyclic) bond motifs is 1. The fourth-order valence-corrected chi connectivity index (χ4v) is 4.59. The van der Waals surface area contributed by atoms with Crippen molar-refractivity contribution >= 4 is 17.2 Å². The molecule has 164 valence electrons. The number of halogens is 4. The van der Waals surface area contributed by atoms with Crippen molar-refractivity contribution in [3.8, 4) is 5.69 Å². The molecule has 2 aromatic heterocycles. The lowest BCUT2D eigenvalue weighted by atomic mass is 10.1. The first-order valence-electron chi connectivity index (χ1n) is 9.73. The zero-order valence-electron chi connectivity index (χ0n) is 16.6. The highest BCUT2D eigenvalue weighted by molar-refractivity contribution is 7.10. The second-order valence-electron chi connectivity index (χ2n) is 7.42. The van der Waals surface area contributed by atoms with Crippen LogP contribution in [-0.4, -0.2) is 39.7 Å². The second kappa shape index (κ2) is 8.43. The Hall–Kier alpha value is -2.72. The number of nitrogens with one attached hydrogen (secondary N) is 1. The van der Waals surface area contributed by atoms with E-state index in [-0.39, 0.29) is 18.3 Å². The summed E-state index contributed by atoms with van der Waals surface area (Å²) in [6, 6.07) is 6.99. The standard InChI is InChI=1S/C21H20F4N4OS/c1-13(28-8-6-18-14(12-28)7-9-31-18)10-26-20(30)15-11-27-29(19(15)21(23,24)25)17-5-3-2-4-16(17)22/h2-5,7,9,11,13H,6,8,10,12H2,1H3,(H,26,30). The van der Waals surface area contributed by atoms with Gasteiger partial charge in [0.2, 0.25) is 0 Å². The van der Waals surface area contributed by atoms with Gasteiger partial charge in [0.1, 0.15) is 11.5 Å². The summed E-state index contributed by atoms with van der Waals surface area (Å²) in [7, 11) is 0. The van der Waals surface area contributed by atoms with Crippen LogP contribution in [0, 0.1) is 5.82 Å². The summed E-state index contributed by atoms with van der Waals surface area (Å²) in [5.74, 6) is -1.76. The molecule has 1 amide bonds. The highest BCUT2D eigenvalue weighted by atomic mass is 32.1. The Morgan fingerprint density at radius 2 is 2.06 bits per heavy atom. The number of rotatable bonds is 5. The molecule has 0 aliphatic carbocycles. The summed E-state index contributed by atoms with van der Waals surface area (Å²) in [6.07, 6.45) is -3.15. The fourth-order valence-electron chi connectivity index (χ4n) is 3.70. The number of amides is 1. The van der Waals surface area contributed by atoms with E-state index >= 15 is 0 Å². The maximum Gasteiger partial charge on any atom is 0.434 e. The quantitative estimate of drug-likeness (QED) is 0.589. The Balaban J connectivity index is 1.50. The van der Waals surface area contributed by atoms with Crippen LogP contribution in [0.4, 0.5) is 17.6 Å². The number of alkyl halides is 3. The molecule has 1 aromatic carbocycles. The first kappa shape index (κ1) is 21.5. The molecule has 3 aromatic rings. The van der Waals surface area contributed by atoms with Crippen LogP contribution in [0.15, 0.2) is 41.9 Å². The van der Waals surface area contributed by atoms with E-state index in [2.05, 4.69) is 21.4 Å². The molecular formula is C21H20F4N4OS. The molecule has 1 aliphatic rings. The molecule has 1 aliphatic heterocycles. The van der Waals surface area contributed by atoms with Crippen molar-refractivity contribution in [3.05, 3.63) is 69.4 Å². The molecule has 0 bridgehead atoms. The van der Waals surface area contributed by atoms with E-state index in [0.717, 1.165) is 31.8 Å².